The second-order valence-electron chi connectivity index (χ2n) is 4.52. The molecule has 4 heteroatoms. The summed E-state index contributed by atoms with van der Waals surface area (Å²) in [5.41, 5.74) is 0. The lowest BCUT2D eigenvalue weighted by Crippen LogP contribution is -2.43. The summed E-state index contributed by atoms with van der Waals surface area (Å²) in [6.07, 6.45) is 2.25. The van der Waals surface area contributed by atoms with Gasteiger partial charge in [-0.15, -0.1) is 0 Å². The quantitative estimate of drug-likeness (QED) is 0.709. The standard InChI is InChI=1S/C11H21NO3/c1-8(2)6-9(7-13)12-11(14)10-4-3-5-15-10/h8-10,13H,3-7H2,1-2H3,(H,12,14). The second-order valence-corrected chi connectivity index (χ2v) is 4.52. The zero-order chi connectivity index (χ0) is 11.3. The van der Waals surface area contributed by atoms with Gasteiger partial charge in [0, 0.05) is 6.61 Å². The van der Waals surface area contributed by atoms with Crippen LogP contribution < -0.4 is 5.32 Å². The number of hydrogen-bond donors (Lipinski definition) is 2. The summed E-state index contributed by atoms with van der Waals surface area (Å²) in [4.78, 5) is 11.6. The summed E-state index contributed by atoms with van der Waals surface area (Å²) < 4.78 is 5.27. The zero-order valence-corrected chi connectivity index (χ0v) is 9.53. The molecule has 4 nitrogen and oxygen atoms in total. The van der Waals surface area contributed by atoms with Gasteiger partial charge < -0.3 is 15.2 Å². The number of rotatable bonds is 5. The van der Waals surface area contributed by atoms with Gasteiger partial charge in [-0.05, 0) is 25.2 Å². The van der Waals surface area contributed by atoms with E-state index in [1.165, 1.54) is 0 Å². The van der Waals surface area contributed by atoms with E-state index in [0.717, 1.165) is 19.3 Å². The Bertz CT molecular complexity index is 200. The van der Waals surface area contributed by atoms with Crippen LogP contribution in [-0.4, -0.2) is 36.4 Å². The average Bonchev–Trinajstić information content (AvgIpc) is 2.68. The predicted molar refractivity (Wildman–Crippen MR) is 57.4 cm³/mol. The summed E-state index contributed by atoms with van der Waals surface area (Å²) >= 11 is 0. The first-order valence-corrected chi connectivity index (χ1v) is 5.66. The Morgan fingerprint density at radius 2 is 2.33 bits per heavy atom. The van der Waals surface area contributed by atoms with Crippen molar-refractivity contribution in [3.05, 3.63) is 0 Å². The highest BCUT2D eigenvalue weighted by atomic mass is 16.5. The van der Waals surface area contributed by atoms with Gasteiger partial charge in [-0.1, -0.05) is 13.8 Å². The van der Waals surface area contributed by atoms with Crippen LogP contribution in [0.4, 0.5) is 0 Å². The van der Waals surface area contributed by atoms with Crippen LogP contribution in [0.5, 0.6) is 0 Å². The van der Waals surface area contributed by atoms with E-state index in [1.807, 2.05) is 0 Å². The highest BCUT2D eigenvalue weighted by molar-refractivity contribution is 5.81. The topological polar surface area (TPSA) is 58.6 Å². The van der Waals surface area contributed by atoms with Crippen LogP contribution in [0.2, 0.25) is 0 Å². The van der Waals surface area contributed by atoms with Crippen molar-refractivity contribution in [2.75, 3.05) is 13.2 Å². The van der Waals surface area contributed by atoms with E-state index in [0.29, 0.717) is 12.5 Å². The molecule has 0 bridgehead atoms. The number of aliphatic hydroxyl groups is 1. The molecule has 1 fully saturated rings. The van der Waals surface area contributed by atoms with Crippen LogP contribution in [-0.2, 0) is 9.53 Å². The van der Waals surface area contributed by atoms with E-state index in [4.69, 9.17) is 9.84 Å². The van der Waals surface area contributed by atoms with Gasteiger partial charge >= 0.3 is 0 Å². The van der Waals surface area contributed by atoms with Gasteiger partial charge in [0.1, 0.15) is 6.10 Å². The number of amides is 1. The molecule has 2 unspecified atom stereocenters. The second kappa shape index (κ2) is 6.08. The molecule has 0 aromatic rings. The first-order chi connectivity index (χ1) is 7.13. The minimum atomic E-state index is -0.300. The summed E-state index contributed by atoms with van der Waals surface area (Å²) in [5.74, 6) is 0.388. The van der Waals surface area contributed by atoms with Gasteiger partial charge in [-0.3, -0.25) is 4.79 Å². The van der Waals surface area contributed by atoms with Gasteiger partial charge in [0.25, 0.3) is 0 Å². The molecular formula is C11H21NO3. The molecule has 1 rings (SSSR count). The highest BCUT2D eigenvalue weighted by Crippen LogP contribution is 2.13. The minimum absolute atomic E-state index is 0.00333. The monoisotopic (exact) mass is 215 g/mol. The first-order valence-electron chi connectivity index (χ1n) is 5.66. The predicted octanol–water partition coefficient (Wildman–Crippen LogP) is 0.689. The number of hydrogen-bond acceptors (Lipinski definition) is 3. The largest absolute Gasteiger partial charge is 0.394 e. The Kier molecular flexibility index (Phi) is 5.05. The summed E-state index contributed by atoms with van der Waals surface area (Å²) in [7, 11) is 0. The van der Waals surface area contributed by atoms with E-state index >= 15 is 0 Å². The summed E-state index contributed by atoms with van der Waals surface area (Å²) in [5, 5.41) is 11.9. The summed E-state index contributed by atoms with van der Waals surface area (Å²) in [6.45, 7) is 4.81. The molecule has 0 aromatic heterocycles. The lowest BCUT2D eigenvalue weighted by Gasteiger charge is -2.20. The Hall–Kier alpha value is -0.610. The Morgan fingerprint density at radius 3 is 2.80 bits per heavy atom. The van der Waals surface area contributed by atoms with Crippen LogP contribution in [0, 0.1) is 5.92 Å². The van der Waals surface area contributed by atoms with Gasteiger partial charge in [-0.2, -0.15) is 0 Å². The molecule has 1 heterocycles. The van der Waals surface area contributed by atoms with Crippen LogP contribution in [0.25, 0.3) is 0 Å². The van der Waals surface area contributed by atoms with E-state index in [1.54, 1.807) is 0 Å². The minimum Gasteiger partial charge on any atom is -0.394 e. The van der Waals surface area contributed by atoms with Crippen LogP contribution in [0.15, 0.2) is 0 Å². The Morgan fingerprint density at radius 1 is 1.60 bits per heavy atom. The van der Waals surface area contributed by atoms with E-state index in [2.05, 4.69) is 19.2 Å². The van der Waals surface area contributed by atoms with Crippen LogP contribution in [0.3, 0.4) is 0 Å². The first kappa shape index (κ1) is 12.5. The van der Waals surface area contributed by atoms with E-state index in [9.17, 15) is 4.79 Å². The van der Waals surface area contributed by atoms with Crippen molar-refractivity contribution in [2.24, 2.45) is 5.92 Å². The summed E-state index contributed by atoms with van der Waals surface area (Å²) in [6, 6.07) is -0.137. The van der Waals surface area contributed by atoms with Crippen LogP contribution >= 0.6 is 0 Å². The van der Waals surface area contributed by atoms with Crippen molar-refractivity contribution in [1.29, 1.82) is 0 Å². The molecule has 0 spiro atoms. The van der Waals surface area contributed by atoms with Gasteiger partial charge in [0.2, 0.25) is 5.91 Å². The van der Waals surface area contributed by atoms with Crippen molar-refractivity contribution in [2.45, 2.75) is 45.3 Å². The number of aliphatic hydroxyl groups excluding tert-OH is 1. The molecule has 2 N–H and O–H groups in total. The molecule has 2 atom stereocenters. The lowest BCUT2D eigenvalue weighted by molar-refractivity contribution is -0.131. The molecule has 88 valence electrons. The normalized spacial score (nSPS) is 23.1. The molecule has 1 amide bonds. The Labute approximate surface area is 91.0 Å². The fourth-order valence-electron chi connectivity index (χ4n) is 1.83. The third-order valence-electron chi connectivity index (χ3n) is 2.54. The molecule has 0 radical (unpaired) electrons. The Balaban J connectivity index is 2.33. The molecule has 15 heavy (non-hydrogen) atoms. The number of carbonyl (C=O) groups excluding carboxylic acids is 1. The van der Waals surface area contributed by atoms with Gasteiger partial charge in [-0.25, -0.2) is 0 Å². The molecule has 1 aliphatic rings. The number of nitrogens with one attached hydrogen (secondary N) is 1. The number of carbonyl (C=O) groups is 1. The molecule has 0 aromatic carbocycles. The lowest BCUT2D eigenvalue weighted by atomic mass is 10.0. The number of ether oxygens (including phenoxy) is 1. The fraction of sp³-hybridized carbons (Fsp3) is 0.909. The third-order valence-corrected chi connectivity index (χ3v) is 2.54. The van der Waals surface area contributed by atoms with E-state index < -0.39 is 0 Å². The maximum Gasteiger partial charge on any atom is 0.249 e. The maximum absolute atomic E-state index is 11.6. The fourth-order valence-corrected chi connectivity index (χ4v) is 1.83. The van der Waals surface area contributed by atoms with Gasteiger partial charge in [0.05, 0.1) is 12.6 Å². The smallest absolute Gasteiger partial charge is 0.249 e. The molecule has 1 aliphatic heterocycles. The van der Waals surface area contributed by atoms with Crippen molar-refractivity contribution >= 4 is 5.91 Å². The molecular weight excluding hydrogens is 194 g/mol. The average molecular weight is 215 g/mol. The highest BCUT2D eigenvalue weighted by Gasteiger charge is 2.25. The van der Waals surface area contributed by atoms with Crippen LogP contribution in [0.1, 0.15) is 33.1 Å². The third kappa shape index (κ3) is 4.18. The molecule has 0 aliphatic carbocycles. The van der Waals surface area contributed by atoms with Crippen molar-refractivity contribution in [3.8, 4) is 0 Å². The van der Waals surface area contributed by atoms with Gasteiger partial charge in [0.15, 0.2) is 0 Å². The molecule has 1 saturated heterocycles. The maximum atomic E-state index is 11.6. The molecule has 0 saturated carbocycles. The van der Waals surface area contributed by atoms with Crippen molar-refractivity contribution in [3.63, 3.8) is 0 Å². The van der Waals surface area contributed by atoms with E-state index in [-0.39, 0.29) is 24.7 Å². The zero-order valence-electron chi connectivity index (χ0n) is 9.53. The SMILES string of the molecule is CC(C)CC(CO)NC(=O)C1CCCO1. The van der Waals surface area contributed by atoms with Crippen molar-refractivity contribution < 1.29 is 14.6 Å². The van der Waals surface area contributed by atoms with Crippen molar-refractivity contribution in [1.82, 2.24) is 5.32 Å².